The van der Waals surface area contributed by atoms with E-state index in [0.717, 1.165) is 11.9 Å². The maximum absolute atomic E-state index is 11.6. The molecule has 1 unspecified atom stereocenters. The molecule has 0 aliphatic carbocycles. The van der Waals surface area contributed by atoms with Gasteiger partial charge in [0.05, 0.1) is 0 Å². The number of hydrogen-bond donors (Lipinski definition) is 2. The van der Waals surface area contributed by atoms with Gasteiger partial charge in [-0.15, -0.1) is 0 Å². The SMILES string of the molecule is O=C1CCC(O)N1CCc1c[nH]c2ccccc12. The molecule has 1 amide bonds. The number of benzene rings is 1. The first-order chi connectivity index (χ1) is 8.75. The van der Waals surface area contributed by atoms with Crippen molar-refractivity contribution in [2.75, 3.05) is 6.54 Å². The quantitative estimate of drug-likeness (QED) is 0.862. The lowest BCUT2D eigenvalue weighted by Crippen LogP contribution is -2.34. The minimum absolute atomic E-state index is 0.0577. The molecule has 3 rings (SSSR count). The van der Waals surface area contributed by atoms with E-state index >= 15 is 0 Å². The number of H-pyrrole nitrogens is 1. The minimum Gasteiger partial charge on any atom is -0.374 e. The van der Waals surface area contributed by atoms with Crippen molar-refractivity contribution in [1.82, 2.24) is 9.88 Å². The summed E-state index contributed by atoms with van der Waals surface area (Å²) in [6, 6.07) is 8.12. The zero-order chi connectivity index (χ0) is 12.5. The minimum atomic E-state index is -0.595. The molecule has 1 atom stereocenters. The van der Waals surface area contributed by atoms with Crippen molar-refractivity contribution in [3.8, 4) is 0 Å². The van der Waals surface area contributed by atoms with Gasteiger partial charge in [0.25, 0.3) is 0 Å². The van der Waals surface area contributed by atoms with Gasteiger partial charge in [0.1, 0.15) is 6.23 Å². The summed E-state index contributed by atoms with van der Waals surface area (Å²) < 4.78 is 0. The number of aromatic amines is 1. The van der Waals surface area contributed by atoms with Crippen LogP contribution in [0.2, 0.25) is 0 Å². The number of carbonyl (C=O) groups excluding carboxylic acids is 1. The second-order valence-electron chi connectivity index (χ2n) is 4.72. The molecule has 1 aliphatic rings. The number of para-hydroxylation sites is 1. The molecule has 4 heteroatoms. The first kappa shape index (κ1) is 11.3. The van der Waals surface area contributed by atoms with Crippen LogP contribution in [0.5, 0.6) is 0 Å². The third-order valence-corrected chi connectivity index (χ3v) is 3.59. The lowest BCUT2D eigenvalue weighted by molar-refractivity contribution is -0.133. The molecule has 1 aromatic carbocycles. The molecule has 0 spiro atoms. The second-order valence-corrected chi connectivity index (χ2v) is 4.72. The Morgan fingerprint density at radius 2 is 2.22 bits per heavy atom. The molecule has 0 radical (unpaired) electrons. The molecule has 1 saturated heterocycles. The predicted octanol–water partition coefficient (Wildman–Crippen LogP) is 1.65. The van der Waals surface area contributed by atoms with Gasteiger partial charge in [0, 0.05) is 36.5 Å². The Bertz CT molecular complexity index is 576. The maximum atomic E-state index is 11.6. The molecular weight excluding hydrogens is 228 g/mol. The summed E-state index contributed by atoms with van der Waals surface area (Å²) in [4.78, 5) is 16.4. The Labute approximate surface area is 105 Å². The van der Waals surface area contributed by atoms with Crippen LogP contribution >= 0.6 is 0 Å². The van der Waals surface area contributed by atoms with Gasteiger partial charge >= 0.3 is 0 Å². The Morgan fingerprint density at radius 3 is 3.00 bits per heavy atom. The van der Waals surface area contributed by atoms with Crippen molar-refractivity contribution < 1.29 is 9.90 Å². The third kappa shape index (κ3) is 1.88. The standard InChI is InChI=1S/C14H16N2O2/c17-13-5-6-14(18)16(13)8-7-10-9-15-12-4-2-1-3-11(10)12/h1-4,9,13,15,17H,5-8H2. The molecule has 1 aliphatic heterocycles. The predicted molar refractivity (Wildman–Crippen MR) is 69.0 cm³/mol. The molecule has 4 nitrogen and oxygen atoms in total. The fourth-order valence-electron chi connectivity index (χ4n) is 2.57. The number of nitrogens with zero attached hydrogens (tertiary/aromatic N) is 1. The number of amides is 1. The second kappa shape index (κ2) is 4.46. The number of aromatic nitrogens is 1. The van der Waals surface area contributed by atoms with Crippen LogP contribution in [0.3, 0.4) is 0 Å². The molecule has 2 heterocycles. The third-order valence-electron chi connectivity index (χ3n) is 3.59. The molecule has 18 heavy (non-hydrogen) atoms. The van der Waals surface area contributed by atoms with Crippen molar-refractivity contribution in [1.29, 1.82) is 0 Å². The fraction of sp³-hybridized carbons (Fsp3) is 0.357. The average Bonchev–Trinajstić information content (AvgIpc) is 2.93. The number of nitrogens with one attached hydrogen (secondary N) is 1. The number of aliphatic hydroxyl groups excluding tert-OH is 1. The van der Waals surface area contributed by atoms with E-state index in [4.69, 9.17) is 0 Å². The zero-order valence-corrected chi connectivity index (χ0v) is 10.1. The van der Waals surface area contributed by atoms with Crippen LogP contribution in [0.4, 0.5) is 0 Å². The summed E-state index contributed by atoms with van der Waals surface area (Å²) >= 11 is 0. The summed E-state index contributed by atoms with van der Waals surface area (Å²) in [7, 11) is 0. The van der Waals surface area contributed by atoms with E-state index in [9.17, 15) is 9.90 Å². The highest BCUT2D eigenvalue weighted by atomic mass is 16.3. The lowest BCUT2D eigenvalue weighted by Gasteiger charge is -2.19. The number of fused-ring (bicyclic) bond motifs is 1. The molecular formula is C14H16N2O2. The summed E-state index contributed by atoms with van der Waals surface area (Å²) in [6.45, 7) is 0.585. The normalized spacial score (nSPS) is 19.9. The lowest BCUT2D eigenvalue weighted by atomic mass is 10.1. The van der Waals surface area contributed by atoms with Crippen LogP contribution < -0.4 is 0 Å². The van der Waals surface area contributed by atoms with Gasteiger partial charge in [-0.2, -0.15) is 0 Å². The van der Waals surface area contributed by atoms with Gasteiger partial charge in [0.15, 0.2) is 0 Å². The average molecular weight is 244 g/mol. The van der Waals surface area contributed by atoms with Gasteiger partial charge in [0.2, 0.25) is 5.91 Å². The van der Waals surface area contributed by atoms with E-state index in [-0.39, 0.29) is 5.91 Å². The number of hydrogen-bond acceptors (Lipinski definition) is 2. The topological polar surface area (TPSA) is 56.3 Å². The molecule has 1 aromatic heterocycles. The molecule has 1 fully saturated rings. The number of likely N-dealkylation sites (tertiary alicyclic amines) is 1. The molecule has 0 saturated carbocycles. The zero-order valence-electron chi connectivity index (χ0n) is 10.1. The van der Waals surface area contributed by atoms with Crippen LogP contribution in [-0.4, -0.2) is 33.7 Å². The van der Waals surface area contributed by atoms with E-state index in [0.29, 0.717) is 19.4 Å². The smallest absolute Gasteiger partial charge is 0.224 e. The van der Waals surface area contributed by atoms with Gasteiger partial charge in [-0.1, -0.05) is 18.2 Å². The Balaban J connectivity index is 1.75. The van der Waals surface area contributed by atoms with Crippen LogP contribution in [0, 0.1) is 0 Å². The highest BCUT2D eigenvalue weighted by Crippen LogP contribution is 2.21. The molecule has 2 N–H and O–H groups in total. The van der Waals surface area contributed by atoms with Crippen molar-refractivity contribution in [2.45, 2.75) is 25.5 Å². The van der Waals surface area contributed by atoms with Crippen LogP contribution in [0.15, 0.2) is 30.5 Å². The van der Waals surface area contributed by atoms with Crippen LogP contribution in [0.25, 0.3) is 10.9 Å². The van der Waals surface area contributed by atoms with Gasteiger partial charge in [-0.25, -0.2) is 0 Å². The first-order valence-corrected chi connectivity index (χ1v) is 6.28. The van der Waals surface area contributed by atoms with Gasteiger partial charge in [-0.05, 0) is 18.1 Å². The first-order valence-electron chi connectivity index (χ1n) is 6.28. The monoisotopic (exact) mass is 244 g/mol. The number of aliphatic hydroxyl groups is 1. The molecule has 94 valence electrons. The van der Waals surface area contributed by atoms with Gasteiger partial charge < -0.3 is 15.0 Å². The van der Waals surface area contributed by atoms with Crippen molar-refractivity contribution in [3.05, 3.63) is 36.0 Å². The fourth-order valence-corrected chi connectivity index (χ4v) is 2.57. The molecule has 0 bridgehead atoms. The summed E-state index contributed by atoms with van der Waals surface area (Å²) in [5.41, 5.74) is 2.30. The van der Waals surface area contributed by atoms with Crippen molar-refractivity contribution in [2.24, 2.45) is 0 Å². The number of carbonyl (C=O) groups is 1. The van der Waals surface area contributed by atoms with Crippen LogP contribution in [-0.2, 0) is 11.2 Å². The van der Waals surface area contributed by atoms with E-state index < -0.39 is 6.23 Å². The summed E-state index contributed by atoms with van der Waals surface area (Å²) in [5, 5.41) is 10.9. The largest absolute Gasteiger partial charge is 0.374 e. The summed E-state index contributed by atoms with van der Waals surface area (Å²) in [6.07, 6.45) is 3.19. The maximum Gasteiger partial charge on any atom is 0.224 e. The van der Waals surface area contributed by atoms with E-state index in [1.165, 1.54) is 10.9 Å². The number of rotatable bonds is 3. The molecule has 2 aromatic rings. The van der Waals surface area contributed by atoms with Gasteiger partial charge in [-0.3, -0.25) is 4.79 Å². The van der Waals surface area contributed by atoms with E-state index in [1.807, 2.05) is 24.4 Å². The highest BCUT2D eigenvalue weighted by Gasteiger charge is 2.28. The van der Waals surface area contributed by atoms with Crippen molar-refractivity contribution >= 4 is 16.8 Å². The van der Waals surface area contributed by atoms with Crippen LogP contribution in [0.1, 0.15) is 18.4 Å². The Hall–Kier alpha value is -1.81. The van der Waals surface area contributed by atoms with E-state index in [1.54, 1.807) is 4.90 Å². The Morgan fingerprint density at radius 1 is 1.39 bits per heavy atom. The Kier molecular flexibility index (Phi) is 2.80. The summed E-state index contributed by atoms with van der Waals surface area (Å²) in [5.74, 6) is 0.0577. The highest BCUT2D eigenvalue weighted by molar-refractivity contribution is 5.83. The van der Waals surface area contributed by atoms with Crippen molar-refractivity contribution in [3.63, 3.8) is 0 Å². The van der Waals surface area contributed by atoms with E-state index in [2.05, 4.69) is 11.1 Å².